The first kappa shape index (κ1) is 12.5. The van der Waals surface area contributed by atoms with Crippen molar-refractivity contribution in [2.45, 2.75) is 24.9 Å². The number of hydrogen-bond acceptors (Lipinski definition) is 4. The molecule has 0 aliphatic carbocycles. The van der Waals surface area contributed by atoms with Gasteiger partial charge in [0.25, 0.3) is 5.56 Å². The highest BCUT2D eigenvalue weighted by molar-refractivity contribution is 5.26. The molecule has 6 nitrogen and oxygen atoms in total. The molecule has 0 amide bonds. The van der Waals surface area contributed by atoms with Crippen LogP contribution in [0.5, 0.6) is 0 Å². The average Bonchev–Trinajstić information content (AvgIpc) is 2.70. The summed E-state index contributed by atoms with van der Waals surface area (Å²) in [5.41, 5.74) is -1.44. The molecule has 7 heteroatoms. The highest BCUT2D eigenvalue weighted by Gasteiger charge is 2.36. The Bertz CT molecular complexity index is 600. The zero-order valence-corrected chi connectivity index (χ0v) is 9.30. The Balaban J connectivity index is 2.39. The molecular formula is C11H11FN2O4. The van der Waals surface area contributed by atoms with Crippen LogP contribution in [-0.2, 0) is 4.74 Å². The van der Waals surface area contributed by atoms with Gasteiger partial charge in [0.1, 0.15) is 24.1 Å². The van der Waals surface area contributed by atoms with Gasteiger partial charge in [-0.2, -0.15) is 0 Å². The number of aliphatic hydroxyl groups is 1. The molecule has 2 heterocycles. The number of aromatic nitrogens is 2. The van der Waals surface area contributed by atoms with Gasteiger partial charge in [0, 0.05) is 12.6 Å². The number of nitrogens with zero attached hydrogens (tertiary/aromatic N) is 1. The van der Waals surface area contributed by atoms with Crippen molar-refractivity contribution in [3.05, 3.63) is 32.6 Å². The summed E-state index contributed by atoms with van der Waals surface area (Å²) in [6.07, 6.45) is 2.96. The Hall–Kier alpha value is -1.91. The molecule has 3 atom stereocenters. The molecule has 1 fully saturated rings. The van der Waals surface area contributed by atoms with Crippen LogP contribution in [0.15, 0.2) is 15.8 Å². The second kappa shape index (κ2) is 4.76. The third-order valence-electron chi connectivity index (χ3n) is 2.78. The monoisotopic (exact) mass is 254 g/mol. The van der Waals surface area contributed by atoms with Gasteiger partial charge in [-0.05, 0) is 0 Å². The van der Waals surface area contributed by atoms with E-state index >= 15 is 0 Å². The van der Waals surface area contributed by atoms with E-state index in [2.05, 4.69) is 5.92 Å². The molecule has 1 aliphatic heterocycles. The Kier molecular flexibility index (Phi) is 3.32. The summed E-state index contributed by atoms with van der Waals surface area (Å²) in [5, 5.41) is 8.87. The number of nitrogens with one attached hydrogen (secondary N) is 1. The third-order valence-corrected chi connectivity index (χ3v) is 2.78. The zero-order chi connectivity index (χ0) is 13.3. The van der Waals surface area contributed by atoms with E-state index in [1.807, 2.05) is 4.98 Å². The summed E-state index contributed by atoms with van der Waals surface area (Å²) in [6.45, 7) is -0.474. The number of halogens is 1. The van der Waals surface area contributed by atoms with Crippen molar-refractivity contribution in [3.8, 4) is 12.3 Å². The van der Waals surface area contributed by atoms with Crippen molar-refractivity contribution < 1.29 is 14.2 Å². The smallest absolute Gasteiger partial charge is 0.330 e. The molecule has 0 aromatic carbocycles. The van der Waals surface area contributed by atoms with Crippen LogP contribution in [0, 0.1) is 12.3 Å². The number of H-pyrrole nitrogens is 1. The SMILES string of the molecule is C#Cc1cn([C@H]2C[C@@H](F)[C@@H](CO)O2)c(=O)[nH]c1=O. The second-order valence-electron chi connectivity index (χ2n) is 3.92. The van der Waals surface area contributed by atoms with Crippen LogP contribution in [-0.4, -0.2) is 33.5 Å². The summed E-state index contributed by atoms with van der Waals surface area (Å²) >= 11 is 0. The maximum atomic E-state index is 13.4. The van der Waals surface area contributed by atoms with Crippen molar-refractivity contribution in [3.63, 3.8) is 0 Å². The van der Waals surface area contributed by atoms with E-state index in [0.717, 1.165) is 10.8 Å². The van der Waals surface area contributed by atoms with Gasteiger partial charge in [-0.3, -0.25) is 14.3 Å². The summed E-state index contributed by atoms with van der Waals surface area (Å²) in [5.74, 6) is 2.12. The topological polar surface area (TPSA) is 84.3 Å². The second-order valence-corrected chi connectivity index (χ2v) is 3.92. The molecule has 1 saturated heterocycles. The van der Waals surface area contributed by atoms with Crippen molar-refractivity contribution in [1.29, 1.82) is 0 Å². The summed E-state index contributed by atoms with van der Waals surface area (Å²) in [6, 6.07) is 0. The fraction of sp³-hybridized carbons (Fsp3) is 0.455. The predicted molar refractivity (Wildman–Crippen MR) is 59.8 cm³/mol. The van der Waals surface area contributed by atoms with Gasteiger partial charge < -0.3 is 9.84 Å². The maximum Gasteiger partial charge on any atom is 0.330 e. The normalized spacial score (nSPS) is 27.1. The number of rotatable bonds is 2. The van der Waals surface area contributed by atoms with Gasteiger partial charge in [-0.15, -0.1) is 6.42 Å². The van der Waals surface area contributed by atoms with Gasteiger partial charge >= 0.3 is 5.69 Å². The van der Waals surface area contributed by atoms with Crippen LogP contribution < -0.4 is 11.2 Å². The fourth-order valence-electron chi connectivity index (χ4n) is 1.83. The summed E-state index contributed by atoms with van der Waals surface area (Å²) in [4.78, 5) is 24.9. The minimum Gasteiger partial charge on any atom is -0.394 e. The van der Waals surface area contributed by atoms with Gasteiger partial charge in [-0.25, -0.2) is 9.18 Å². The number of ether oxygens (including phenoxy) is 1. The molecule has 2 rings (SSSR count). The Morgan fingerprint density at radius 1 is 1.67 bits per heavy atom. The van der Waals surface area contributed by atoms with E-state index in [1.165, 1.54) is 0 Å². The highest BCUT2D eigenvalue weighted by Crippen LogP contribution is 2.29. The van der Waals surface area contributed by atoms with E-state index in [1.54, 1.807) is 0 Å². The quantitative estimate of drug-likeness (QED) is 0.672. The van der Waals surface area contributed by atoms with E-state index in [-0.39, 0.29) is 12.0 Å². The van der Waals surface area contributed by atoms with Crippen molar-refractivity contribution in [2.75, 3.05) is 6.61 Å². The summed E-state index contributed by atoms with van der Waals surface area (Å²) in [7, 11) is 0. The minimum atomic E-state index is -1.37. The zero-order valence-electron chi connectivity index (χ0n) is 9.30. The van der Waals surface area contributed by atoms with E-state index < -0.39 is 36.4 Å². The standard InChI is InChI=1S/C11H11FN2O4/c1-2-6-4-14(11(17)13-10(6)16)9-3-7(12)8(5-15)18-9/h1,4,7-9,15H,3,5H2,(H,13,16,17)/t7-,8-,9-/m1/s1. The molecule has 1 aliphatic rings. The lowest BCUT2D eigenvalue weighted by Crippen LogP contribution is -2.33. The molecule has 96 valence electrons. The minimum absolute atomic E-state index is 0.0407. The van der Waals surface area contributed by atoms with Gasteiger partial charge in [0.05, 0.1) is 6.61 Å². The first-order chi connectivity index (χ1) is 8.56. The molecule has 0 saturated carbocycles. The average molecular weight is 254 g/mol. The number of hydrogen-bond donors (Lipinski definition) is 2. The predicted octanol–water partition coefficient (Wildman–Crippen LogP) is -0.864. The maximum absolute atomic E-state index is 13.4. The van der Waals surface area contributed by atoms with Crippen LogP contribution in [0.4, 0.5) is 4.39 Å². The lowest BCUT2D eigenvalue weighted by molar-refractivity contribution is -0.0356. The summed E-state index contributed by atoms with van der Waals surface area (Å²) < 4.78 is 19.6. The van der Waals surface area contributed by atoms with Crippen LogP contribution in [0.2, 0.25) is 0 Å². The third kappa shape index (κ3) is 2.08. The lowest BCUT2D eigenvalue weighted by Gasteiger charge is -2.14. The highest BCUT2D eigenvalue weighted by atomic mass is 19.1. The molecule has 1 aromatic heterocycles. The van der Waals surface area contributed by atoms with Crippen LogP contribution in [0.1, 0.15) is 18.2 Å². The first-order valence-corrected chi connectivity index (χ1v) is 5.29. The van der Waals surface area contributed by atoms with Gasteiger partial charge in [-0.1, -0.05) is 5.92 Å². The lowest BCUT2D eigenvalue weighted by atomic mass is 10.2. The molecule has 0 unspecified atom stereocenters. The molecule has 0 radical (unpaired) electrons. The number of aromatic amines is 1. The van der Waals surface area contributed by atoms with Crippen molar-refractivity contribution in [1.82, 2.24) is 9.55 Å². The van der Waals surface area contributed by atoms with E-state index in [0.29, 0.717) is 0 Å². The Labute approximate surface area is 101 Å². The largest absolute Gasteiger partial charge is 0.394 e. The molecular weight excluding hydrogens is 243 g/mol. The number of alkyl halides is 1. The Morgan fingerprint density at radius 3 is 2.94 bits per heavy atom. The van der Waals surface area contributed by atoms with E-state index in [4.69, 9.17) is 16.3 Å². The van der Waals surface area contributed by atoms with Crippen LogP contribution in [0.3, 0.4) is 0 Å². The fourth-order valence-corrected chi connectivity index (χ4v) is 1.83. The van der Waals surface area contributed by atoms with Crippen molar-refractivity contribution in [2.24, 2.45) is 0 Å². The number of aliphatic hydroxyl groups excluding tert-OH is 1. The van der Waals surface area contributed by atoms with E-state index in [9.17, 15) is 14.0 Å². The van der Waals surface area contributed by atoms with Crippen LogP contribution in [0.25, 0.3) is 0 Å². The van der Waals surface area contributed by atoms with Crippen LogP contribution >= 0.6 is 0 Å². The molecule has 0 bridgehead atoms. The van der Waals surface area contributed by atoms with Crippen molar-refractivity contribution >= 4 is 0 Å². The van der Waals surface area contributed by atoms with Gasteiger partial charge in [0.15, 0.2) is 0 Å². The molecule has 0 spiro atoms. The molecule has 1 aromatic rings. The Morgan fingerprint density at radius 2 is 2.39 bits per heavy atom. The first-order valence-electron chi connectivity index (χ1n) is 5.29. The number of terminal acetylenes is 1. The molecule has 18 heavy (non-hydrogen) atoms. The van der Waals surface area contributed by atoms with Gasteiger partial charge in [0.2, 0.25) is 0 Å². The molecule has 2 N–H and O–H groups in total.